The van der Waals surface area contributed by atoms with E-state index in [0.29, 0.717) is 17.4 Å². The lowest BCUT2D eigenvalue weighted by Crippen LogP contribution is -2.59. The highest BCUT2D eigenvalue weighted by molar-refractivity contribution is 5.82. The van der Waals surface area contributed by atoms with Crippen LogP contribution < -0.4 is 10.6 Å². The lowest BCUT2D eigenvalue weighted by Gasteiger charge is -2.35. The van der Waals surface area contributed by atoms with Gasteiger partial charge in [-0.25, -0.2) is 0 Å². The molecule has 0 spiro atoms. The van der Waals surface area contributed by atoms with E-state index in [4.69, 9.17) is 0 Å². The lowest BCUT2D eigenvalue weighted by atomic mass is 9.86. The molecular weight excluding hydrogens is 200 g/mol. The van der Waals surface area contributed by atoms with Gasteiger partial charge in [-0.3, -0.25) is 4.79 Å². The Morgan fingerprint density at radius 1 is 1.38 bits per heavy atom. The molecule has 94 valence electrons. The maximum Gasteiger partial charge on any atom is 0.237 e. The van der Waals surface area contributed by atoms with Gasteiger partial charge >= 0.3 is 0 Å². The second kappa shape index (κ2) is 5.17. The van der Waals surface area contributed by atoms with Crippen molar-refractivity contribution in [2.45, 2.75) is 59.5 Å². The van der Waals surface area contributed by atoms with Crippen LogP contribution in [0.2, 0.25) is 0 Å². The largest absolute Gasteiger partial charge is 0.353 e. The molecule has 0 bridgehead atoms. The highest BCUT2D eigenvalue weighted by atomic mass is 16.2. The molecule has 3 heteroatoms. The number of amides is 1. The quantitative estimate of drug-likeness (QED) is 0.772. The van der Waals surface area contributed by atoms with Gasteiger partial charge in [0.1, 0.15) is 0 Å². The van der Waals surface area contributed by atoms with Crippen molar-refractivity contribution in [1.82, 2.24) is 10.6 Å². The Morgan fingerprint density at radius 3 is 2.50 bits per heavy atom. The number of carbonyl (C=O) groups is 1. The molecule has 2 N–H and O–H groups in total. The SMILES string of the molecule is CC(C)C[C@H]1NC(CC(C)(C)C)CNC1=O. The number of rotatable bonds is 3. The van der Waals surface area contributed by atoms with E-state index in [2.05, 4.69) is 45.3 Å². The van der Waals surface area contributed by atoms with Crippen LogP contribution in [0.3, 0.4) is 0 Å². The summed E-state index contributed by atoms with van der Waals surface area (Å²) in [5.74, 6) is 0.718. The smallest absolute Gasteiger partial charge is 0.237 e. The standard InChI is InChI=1S/C13H26N2O/c1-9(2)6-11-12(16)14-8-10(15-11)7-13(3,4)5/h9-11,15H,6-8H2,1-5H3,(H,14,16)/t10?,11-/m1/s1. The van der Waals surface area contributed by atoms with Crippen LogP contribution >= 0.6 is 0 Å². The van der Waals surface area contributed by atoms with Crippen LogP contribution in [0.1, 0.15) is 47.5 Å². The second-order valence-electron chi connectivity index (χ2n) is 6.56. The number of carbonyl (C=O) groups excluding carboxylic acids is 1. The van der Waals surface area contributed by atoms with E-state index in [9.17, 15) is 4.79 Å². The topological polar surface area (TPSA) is 41.1 Å². The number of hydrogen-bond acceptors (Lipinski definition) is 2. The maximum absolute atomic E-state index is 11.7. The van der Waals surface area contributed by atoms with E-state index < -0.39 is 0 Å². The molecule has 1 fully saturated rings. The second-order valence-corrected chi connectivity index (χ2v) is 6.56. The van der Waals surface area contributed by atoms with Gasteiger partial charge in [0, 0.05) is 12.6 Å². The van der Waals surface area contributed by atoms with Crippen molar-refractivity contribution in [2.24, 2.45) is 11.3 Å². The molecule has 0 saturated carbocycles. The molecule has 1 amide bonds. The maximum atomic E-state index is 11.7. The fraction of sp³-hybridized carbons (Fsp3) is 0.923. The summed E-state index contributed by atoms with van der Waals surface area (Å²) in [6, 6.07) is 0.419. The molecule has 1 aliphatic rings. The van der Waals surface area contributed by atoms with Crippen LogP contribution in [-0.2, 0) is 4.79 Å². The zero-order chi connectivity index (χ0) is 12.3. The summed E-state index contributed by atoms with van der Waals surface area (Å²) in [5, 5.41) is 6.49. The average molecular weight is 226 g/mol. The van der Waals surface area contributed by atoms with E-state index in [-0.39, 0.29) is 11.9 Å². The molecule has 0 aromatic rings. The van der Waals surface area contributed by atoms with Crippen molar-refractivity contribution in [3.63, 3.8) is 0 Å². The zero-order valence-electron chi connectivity index (χ0n) is 11.3. The molecular formula is C13H26N2O. The van der Waals surface area contributed by atoms with Crippen molar-refractivity contribution in [3.05, 3.63) is 0 Å². The van der Waals surface area contributed by atoms with Crippen molar-refractivity contribution >= 4 is 5.91 Å². The Labute approximate surface area is 99.4 Å². The minimum Gasteiger partial charge on any atom is -0.353 e. The highest BCUT2D eigenvalue weighted by Gasteiger charge is 2.30. The first-order chi connectivity index (χ1) is 7.28. The van der Waals surface area contributed by atoms with Crippen LogP contribution in [0.25, 0.3) is 0 Å². The highest BCUT2D eigenvalue weighted by Crippen LogP contribution is 2.22. The minimum atomic E-state index is 0.00102. The first-order valence-electron chi connectivity index (χ1n) is 6.31. The first kappa shape index (κ1) is 13.5. The Bertz CT molecular complexity index is 243. The summed E-state index contributed by atoms with van der Waals surface area (Å²) in [6.45, 7) is 11.8. The summed E-state index contributed by atoms with van der Waals surface area (Å²) >= 11 is 0. The van der Waals surface area contributed by atoms with Gasteiger partial charge < -0.3 is 10.6 Å². The molecule has 1 unspecified atom stereocenters. The Hall–Kier alpha value is -0.570. The van der Waals surface area contributed by atoms with E-state index in [1.807, 2.05) is 0 Å². The van der Waals surface area contributed by atoms with Crippen LogP contribution in [0.15, 0.2) is 0 Å². The summed E-state index contributed by atoms with van der Waals surface area (Å²) in [5.41, 5.74) is 0.308. The minimum absolute atomic E-state index is 0.00102. The predicted octanol–water partition coefficient (Wildman–Crippen LogP) is 1.93. The molecule has 0 aliphatic carbocycles. The molecule has 1 saturated heterocycles. The van der Waals surface area contributed by atoms with Crippen molar-refractivity contribution in [2.75, 3.05) is 6.54 Å². The third kappa shape index (κ3) is 4.52. The number of nitrogens with one attached hydrogen (secondary N) is 2. The van der Waals surface area contributed by atoms with Crippen LogP contribution in [0.4, 0.5) is 0 Å². The number of hydrogen-bond donors (Lipinski definition) is 2. The third-order valence-electron chi connectivity index (χ3n) is 2.84. The van der Waals surface area contributed by atoms with Gasteiger partial charge in [-0.2, -0.15) is 0 Å². The van der Waals surface area contributed by atoms with Crippen molar-refractivity contribution < 1.29 is 4.79 Å². The fourth-order valence-corrected chi connectivity index (χ4v) is 2.28. The predicted molar refractivity (Wildman–Crippen MR) is 67.2 cm³/mol. The molecule has 0 aromatic heterocycles. The Balaban J connectivity index is 2.50. The van der Waals surface area contributed by atoms with Gasteiger partial charge in [-0.15, -0.1) is 0 Å². The summed E-state index contributed by atoms with van der Waals surface area (Å²) in [7, 11) is 0. The summed E-state index contributed by atoms with van der Waals surface area (Å²) in [4.78, 5) is 11.7. The fourth-order valence-electron chi connectivity index (χ4n) is 2.28. The molecule has 16 heavy (non-hydrogen) atoms. The monoisotopic (exact) mass is 226 g/mol. The van der Waals surface area contributed by atoms with E-state index in [0.717, 1.165) is 19.4 Å². The number of piperazine rings is 1. The molecule has 0 radical (unpaired) electrons. The third-order valence-corrected chi connectivity index (χ3v) is 2.84. The molecule has 1 aliphatic heterocycles. The lowest BCUT2D eigenvalue weighted by molar-refractivity contribution is -0.125. The van der Waals surface area contributed by atoms with Gasteiger partial charge in [-0.1, -0.05) is 34.6 Å². The van der Waals surface area contributed by atoms with Crippen molar-refractivity contribution in [3.8, 4) is 0 Å². The molecule has 1 rings (SSSR count). The van der Waals surface area contributed by atoms with Gasteiger partial charge in [0.2, 0.25) is 5.91 Å². The van der Waals surface area contributed by atoms with Gasteiger partial charge in [0.05, 0.1) is 6.04 Å². The summed E-state index contributed by atoms with van der Waals surface area (Å²) < 4.78 is 0. The van der Waals surface area contributed by atoms with Gasteiger partial charge in [0.15, 0.2) is 0 Å². The average Bonchev–Trinajstić information content (AvgIpc) is 2.07. The Kier molecular flexibility index (Phi) is 4.36. The van der Waals surface area contributed by atoms with Crippen LogP contribution in [-0.4, -0.2) is 24.5 Å². The molecule has 2 atom stereocenters. The van der Waals surface area contributed by atoms with E-state index in [1.54, 1.807) is 0 Å². The van der Waals surface area contributed by atoms with Crippen LogP contribution in [0, 0.1) is 11.3 Å². The van der Waals surface area contributed by atoms with Gasteiger partial charge in [-0.05, 0) is 24.2 Å². The van der Waals surface area contributed by atoms with Crippen LogP contribution in [0.5, 0.6) is 0 Å². The molecule has 1 heterocycles. The molecule has 3 nitrogen and oxygen atoms in total. The molecule has 0 aromatic carbocycles. The van der Waals surface area contributed by atoms with E-state index >= 15 is 0 Å². The van der Waals surface area contributed by atoms with Crippen molar-refractivity contribution in [1.29, 1.82) is 0 Å². The van der Waals surface area contributed by atoms with E-state index in [1.165, 1.54) is 0 Å². The normalized spacial score (nSPS) is 27.0. The first-order valence-corrected chi connectivity index (χ1v) is 6.31. The van der Waals surface area contributed by atoms with Gasteiger partial charge in [0.25, 0.3) is 0 Å². The zero-order valence-corrected chi connectivity index (χ0v) is 11.3. The summed E-state index contributed by atoms with van der Waals surface area (Å²) in [6.07, 6.45) is 2.02. The Morgan fingerprint density at radius 2 is 2.00 bits per heavy atom.